The minimum atomic E-state index is -0.880. The lowest BCUT2D eigenvalue weighted by atomic mass is 9.98. The van der Waals surface area contributed by atoms with E-state index >= 15 is 0 Å². The standard InChI is InChI=1S/C20H21NO2/c1-4-21-12-18(20(22)23)17-11-16(9-10-19(17)21)15-7-5-14(6-8-15)13(2)3/h5-13H,4H2,1-3H3,(H,22,23). The number of nitrogens with zero attached hydrogens (tertiary/aromatic N) is 1. The van der Waals surface area contributed by atoms with Crippen LogP contribution in [-0.4, -0.2) is 15.6 Å². The first-order chi connectivity index (χ1) is 11.0. The number of carboxylic acid groups (broad SMARTS) is 1. The van der Waals surface area contributed by atoms with E-state index in [9.17, 15) is 9.90 Å². The summed E-state index contributed by atoms with van der Waals surface area (Å²) in [7, 11) is 0. The van der Waals surface area contributed by atoms with Crippen molar-refractivity contribution in [3.8, 4) is 11.1 Å². The Balaban J connectivity index is 2.12. The molecule has 0 saturated heterocycles. The third-order valence-electron chi connectivity index (χ3n) is 4.36. The average molecular weight is 307 g/mol. The van der Waals surface area contributed by atoms with E-state index in [1.54, 1.807) is 6.20 Å². The molecule has 2 aromatic carbocycles. The molecule has 0 fully saturated rings. The lowest BCUT2D eigenvalue weighted by molar-refractivity contribution is 0.0699. The van der Waals surface area contributed by atoms with Crippen LogP contribution in [-0.2, 0) is 6.54 Å². The van der Waals surface area contributed by atoms with Gasteiger partial charge >= 0.3 is 5.97 Å². The summed E-state index contributed by atoms with van der Waals surface area (Å²) in [5.41, 5.74) is 4.79. The van der Waals surface area contributed by atoms with Crippen LogP contribution in [0.1, 0.15) is 42.6 Å². The zero-order valence-corrected chi connectivity index (χ0v) is 13.7. The third-order valence-corrected chi connectivity index (χ3v) is 4.36. The largest absolute Gasteiger partial charge is 0.478 e. The molecule has 3 heteroatoms. The van der Waals surface area contributed by atoms with Crippen molar-refractivity contribution in [1.82, 2.24) is 4.57 Å². The van der Waals surface area contributed by atoms with Crippen molar-refractivity contribution in [1.29, 1.82) is 0 Å². The number of hydrogen-bond donors (Lipinski definition) is 1. The zero-order chi connectivity index (χ0) is 16.6. The molecule has 3 nitrogen and oxygen atoms in total. The first-order valence-corrected chi connectivity index (χ1v) is 7.97. The molecule has 0 aliphatic rings. The molecule has 0 aliphatic heterocycles. The van der Waals surface area contributed by atoms with Crippen LogP contribution in [0.4, 0.5) is 0 Å². The van der Waals surface area contributed by atoms with Gasteiger partial charge in [-0.1, -0.05) is 44.2 Å². The first kappa shape index (κ1) is 15.3. The van der Waals surface area contributed by atoms with Gasteiger partial charge in [0.2, 0.25) is 0 Å². The van der Waals surface area contributed by atoms with E-state index < -0.39 is 5.97 Å². The lowest BCUT2D eigenvalue weighted by Gasteiger charge is -2.08. The van der Waals surface area contributed by atoms with E-state index in [0.717, 1.165) is 28.6 Å². The Bertz CT molecular complexity index is 857. The van der Waals surface area contributed by atoms with Crippen LogP contribution in [0.15, 0.2) is 48.7 Å². The molecule has 0 amide bonds. The van der Waals surface area contributed by atoms with Gasteiger partial charge in [0.25, 0.3) is 0 Å². The molecule has 1 N–H and O–H groups in total. The summed E-state index contributed by atoms with van der Waals surface area (Å²) < 4.78 is 1.98. The maximum Gasteiger partial charge on any atom is 0.337 e. The maximum absolute atomic E-state index is 11.5. The molecule has 0 radical (unpaired) electrons. The molecule has 0 unspecified atom stereocenters. The van der Waals surface area contributed by atoms with Crippen molar-refractivity contribution in [3.05, 3.63) is 59.8 Å². The van der Waals surface area contributed by atoms with Gasteiger partial charge in [0, 0.05) is 23.6 Å². The highest BCUT2D eigenvalue weighted by molar-refractivity contribution is 6.04. The van der Waals surface area contributed by atoms with Gasteiger partial charge in [0.15, 0.2) is 0 Å². The SMILES string of the molecule is CCn1cc(C(=O)O)c2cc(-c3ccc(C(C)C)cc3)ccc21. The van der Waals surface area contributed by atoms with Crippen molar-refractivity contribution < 1.29 is 9.90 Å². The van der Waals surface area contributed by atoms with E-state index in [0.29, 0.717) is 11.5 Å². The van der Waals surface area contributed by atoms with Crippen molar-refractivity contribution >= 4 is 16.9 Å². The van der Waals surface area contributed by atoms with E-state index in [1.807, 2.05) is 23.6 Å². The van der Waals surface area contributed by atoms with Crippen molar-refractivity contribution in [2.24, 2.45) is 0 Å². The third kappa shape index (κ3) is 2.74. The van der Waals surface area contributed by atoms with Crippen molar-refractivity contribution in [2.75, 3.05) is 0 Å². The molecular formula is C20H21NO2. The highest BCUT2D eigenvalue weighted by atomic mass is 16.4. The summed E-state index contributed by atoms with van der Waals surface area (Å²) in [6.07, 6.45) is 1.72. The maximum atomic E-state index is 11.5. The minimum absolute atomic E-state index is 0.363. The van der Waals surface area contributed by atoms with E-state index in [2.05, 4.69) is 44.2 Å². The highest BCUT2D eigenvalue weighted by Gasteiger charge is 2.14. The molecule has 3 rings (SSSR count). The molecule has 3 aromatic rings. The molecule has 0 bridgehead atoms. The molecule has 1 aromatic heterocycles. The molecule has 23 heavy (non-hydrogen) atoms. The average Bonchev–Trinajstić information content (AvgIpc) is 2.93. The molecule has 1 heterocycles. The molecule has 0 spiro atoms. The number of benzene rings is 2. The second kappa shape index (κ2) is 5.92. The van der Waals surface area contributed by atoms with Crippen LogP contribution in [0, 0.1) is 0 Å². The number of rotatable bonds is 4. The Hall–Kier alpha value is -2.55. The summed E-state index contributed by atoms with van der Waals surface area (Å²) >= 11 is 0. The van der Waals surface area contributed by atoms with Gasteiger partial charge in [0.1, 0.15) is 0 Å². The van der Waals surface area contributed by atoms with Crippen LogP contribution >= 0.6 is 0 Å². The van der Waals surface area contributed by atoms with Crippen LogP contribution < -0.4 is 0 Å². The Morgan fingerprint density at radius 2 is 1.74 bits per heavy atom. The first-order valence-electron chi connectivity index (χ1n) is 7.97. The van der Waals surface area contributed by atoms with Crippen LogP contribution in [0.25, 0.3) is 22.0 Å². The predicted molar refractivity (Wildman–Crippen MR) is 94.1 cm³/mol. The van der Waals surface area contributed by atoms with E-state index in [1.165, 1.54) is 5.56 Å². The summed E-state index contributed by atoms with van der Waals surface area (Å²) in [5, 5.41) is 10.2. The summed E-state index contributed by atoms with van der Waals surface area (Å²) in [6.45, 7) is 7.12. The highest BCUT2D eigenvalue weighted by Crippen LogP contribution is 2.29. The molecule has 0 saturated carbocycles. The smallest absolute Gasteiger partial charge is 0.337 e. The quantitative estimate of drug-likeness (QED) is 0.724. The summed E-state index contributed by atoms with van der Waals surface area (Å²) in [5.74, 6) is -0.377. The normalized spacial score (nSPS) is 11.3. The van der Waals surface area contributed by atoms with Gasteiger partial charge in [0.05, 0.1) is 5.56 Å². The van der Waals surface area contributed by atoms with Gasteiger partial charge in [-0.15, -0.1) is 0 Å². The fraction of sp³-hybridized carbons (Fsp3) is 0.250. The summed E-state index contributed by atoms with van der Waals surface area (Å²) in [4.78, 5) is 11.5. The fourth-order valence-electron chi connectivity index (χ4n) is 2.97. The number of aromatic carboxylic acids is 1. The van der Waals surface area contributed by atoms with Gasteiger partial charge in [-0.3, -0.25) is 0 Å². The van der Waals surface area contributed by atoms with Crippen molar-refractivity contribution in [3.63, 3.8) is 0 Å². The van der Waals surface area contributed by atoms with Gasteiger partial charge in [-0.05, 0) is 41.7 Å². The molecule has 118 valence electrons. The Labute approximate surface area is 136 Å². The predicted octanol–water partition coefficient (Wildman–Crippen LogP) is 5.15. The van der Waals surface area contributed by atoms with Gasteiger partial charge < -0.3 is 9.67 Å². The lowest BCUT2D eigenvalue weighted by Crippen LogP contribution is -1.94. The monoisotopic (exact) mass is 307 g/mol. The van der Waals surface area contributed by atoms with Crippen LogP contribution in [0.2, 0.25) is 0 Å². The number of aromatic nitrogens is 1. The second-order valence-corrected chi connectivity index (χ2v) is 6.14. The fourth-order valence-corrected chi connectivity index (χ4v) is 2.97. The number of hydrogen-bond acceptors (Lipinski definition) is 1. The topological polar surface area (TPSA) is 42.2 Å². The number of carbonyl (C=O) groups is 1. The van der Waals surface area contributed by atoms with E-state index in [4.69, 9.17) is 0 Å². The summed E-state index contributed by atoms with van der Waals surface area (Å²) in [6, 6.07) is 14.5. The number of fused-ring (bicyclic) bond motifs is 1. The van der Waals surface area contributed by atoms with Crippen LogP contribution in [0.5, 0.6) is 0 Å². The number of aryl methyl sites for hydroxylation is 1. The zero-order valence-electron chi connectivity index (χ0n) is 13.7. The van der Waals surface area contributed by atoms with Crippen molar-refractivity contribution in [2.45, 2.75) is 33.2 Å². The van der Waals surface area contributed by atoms with E-state index in [-0.39, 0.29) is 0 Å². The molecule has 0 aliphatic carbocycles. The van der Waals surface area contributed by atoms with Gasteiger partial charge in [-0.25, -0.2) is 4.79 Å². The number of carboxylic acids is 1. The minimum Gasteiger partial charge on any atom is -0.478 e. The van der Waals surface area contributed by atoms with Crippen LogP contribution in [0.3, 0.4) is 0 Å². The van der Waals surface area contributed by atoms with Gasteiger partial charge in [-0.2, -0.15) is 0 Å². The Morgan fingerprint density at radius 1 is 1.09 bits per heavy atom. The Kier molecular flexibility index (Phi) is 3.95. The molecular weight excluding hydrogens is 286 g/mol. The molecule has 0 atom stereocenters. The second-order valence-electron chi connectivity index (χ2n) is 6.14. The Morgan fingerprint density at radius 3 is 2.30 bits per heavy atom.